The second-order valence-electron chi connectivity index (χ2n) is 4.99. The van der Waals surface area contributed by atoms with Gasteiger partial charge in [0.25, 0.3) is 0 Å². The van der Waals surface area contributed by atoms with E-state index in [4.69, 9.17) is 14.2 Å². The van der Waals surface area contributed by atoms with Gasteiger partial charge in [0.1, 0.15) is 5.75 Å². The van der Waals surface area contributed by atoms with Crippen LogP contribution in [0, 0.1) is 0 Å². The van der Waals surface area contributed by atoms with E-state index >= 15 is 0 Å². The minimum absolute atomic E-state index is 0.112. The SMILES string of the molecule is COCOc1cc(C(=O)OC)cc2c3ccccc3n(C)c12. The predicted molar refractivity (Wildman–Crippen MR) is 84.3 cm³/mol. The van der Waals surface area contributed by atoms with Crippen molar-refractivity contribution in [2.75, 3.05) is 21.0 Å². The average molecular weight is 299 g/mol. The second kappa shape index (κ2) is 5.69. The van der Waals surface area contributed by atoms with E-state index in [1.807, 2.05) is 37.4 Å². The van der Waals surface area contributed by atoms with Gasteiger partial charge in [-0.05, 0) is 18.2 Å². The van der Waals surface area contributed by atoms with E-state index < -0.39 is 5.97 Å². The van der Waals surface area contributed by atoms with Crippen LogP contribution in [0.15, 0.2) is 36.4 Å². The Labute approximate surface area is 128 Å². The highest BCUT2D eigenvalue weighted by Crippen LogP contribution is 2.35. The van der Waals surface area contributed by atoms with Gasteiger partial charge in [-0.25, -0.2) is 4.79 Å². The molecule has 3 aromatic rings. The van der Waals surface area contributed by atoms with E-state index in [-0.39, 0.29) is 6.79 Å². The number of esters is 1. The molecule has 0 spiro atoms. The summed E-state index contributed by atoms with van der Waals surface area (Å²) in [6.45, 7) is 0.112. The normalized spacial score (nSPS) is 11.0. The van der Waals surface area contributed by atoms with Crippen molar-refractivity contribution in [2.24, 2.45) is 7.05 Å². The van der Waals surface area contributed by atoms with Crippen molar-refractivity contribution in [1.82, 2.24) is 4.57 Å². The third-order valence-electron chi connectivity index (χ3n) is 3.72. The third kappa shape index (κ3) is 2.19. The van der Waals surface area contributed by atoms with Gasteiger partial charge in [0, 0.05) is 30.4 Å². The summed E-state index contributed by atoms with van der Waals surface area (Å²) >= 11 is 0. The fourth-order valence-corrected chi connectivity index (χ4v) is 2.74. The molecule has 2 aromatic carbocycles. The zero-order valence-corrected chi connectivity index (χ0v) is 12.8. The molecule has 0 atom stereocenters. The Morgan fingerprint density at radius 3 is 2.64 bits per heavy atom. The van der Waals surface area contributed by atoms with Gasteiger partial charge in [-0.15, -0.1) is 0 Å². The molecule has 0 aliphatic carbocycles. The smallest absolute Gasteiger partial charge is 0.338 e. The van der Waals surface area contributed by atoms with Crippen LogP contribution in [-0.2, 0) is 16.5 Å². The van der Waals surface area contributed by atoms with Crippen LogP contribution < -0.4 is 4.74 Å². The molecule has 0 fully saturated rings. The van der Waals surface area contributed by atoms with Crippen molar-refractivity contribution >= 4 is 27.8 Å². The molecule has 22 heavy (non-hydrogen) atoms. The number of rotatable bonds is 4. The largest absolute Gasteiger partial charge is 0.465 e. The van der Waals surface area contributed by atoms with Gasteiger partial charge in [-0.3, -0.25) is 0 Å². The number of hydrogen-bond acceptors (Lipinski definition) is 4. The van der Waals surface area contributed by atoms with Gasteiger partial charge < -0.3 is 18.8 Å². The minimum Gasteiger partial charge on any atom is -0.465 e. The summed E-state index contributed by atoms with van der Waals surface area (Å²) in [6.07, 6.45) is 0. The number of benzene rings is 2. The molecular weight excluding hydrogens is 282 g/mol. The molecule has 5 heteroatoms. The van der Waals surface area contributed by atoms with Gasteiger partial charge in [-0.2, -0.15) is 0 Å². The van der Waals surface area contributed by atoms with Crippen molar-refractivity contribution in [2.45, 2.75) is 0 Å². The van der Waals surface area contributed by atoms with Crippen LogP contribution in [0.1, 0.15) is 10.4 Å². The monoisotopic (exact) mass is 299 g/mol. The second-order valence-corrected chi connectivity index (χ2v) is 4.99. The maximum absolute atomic E-state index is 11.9. The molecule has 1 aromatic heterocycles. The van der Waals surface area contributed by atoms with E-state index in [0.717, 1.165) is 21.8 Å². The highest BCUT2D eigenvalue weighted by atomic mass is 16.7. The molecule has 0 radical (unpaired) electrons. The fraction of sp³-hybridized carbons (Fsp3) is 0.235. The number of carbonyl (C=O) groups is 1. The fourth-order valence-electron chi connectivity index (χ4n) is 2.74. The molecular formula is C17H17NO4. The summed E-state index contributed by atoms with van der Waals surface area (Å²) in [5, 5.41) is 2.01. The van der Waals surface area contributed by atoms with Gasteiger partial charge >= 0.3 is 5.97 Å². The predicted octanol–water partition coefficient (Wildman–Crippen LogP) is 3.10. The van der Waals surface area contributed by atoms with E-state index in [2.05, 4.69) is 4.57 Å². The van der Waals surface area contributed by atoms with Gasteiger partial charge in [-0.1, -0.05) is 18.2 Å². The number of fused-ring (bicyclic) bond motifs is 3. The number of para-hydroxylation sites is 1. The van der Waals surface area contributed by atoms with Crippen LogP contribution >= 0.6 is 0 Å². The number of carbonyl (C=O) groups excluding carboxylic acids is 1. The number of ether oxygens (including phenoxy) is 3. The number of methoxy groups -OCH3 is 2. The first-order valence-corrected chi connectivity index (χ1v) is 6.88. The highest BCUT2D eigenvalue weighted by molar-refractivity contribution is 6.12. The maximum Gasteiger partial charge on any atom is 0.338 e. The molecule has 0 aliphatic heterocycles. The zero-order chi connectivity index (χ0) is 15.7. The Morgan fingerprint density at radius 1 is 1.14 bits per heavy atom. The summed E-state index contributed by atoms with van der Waals surface area (Å²) < 4.78 is 17.5. The van der Waals surface area contributed by atoms with Crippen molar-refractivity contribution in [3.05, 3.63) is 42.0 Å². The van der Waals surface area contributed by atoms with Crippen molar-refractivity contribution < 1.29 is 19.0 Å². The molecule has 1 heterocycles. The molecule has 5 nitrogen and oxygen atoms in total. The Hall–Kier alpha value is -2.53. The summed E-state index contributed by atoms with van der Waals surface area (Å²) in [7, 11) is 4.90. The topological polar surface area (TPSA) is 49.7 Å². The molecule has 0 aliphatic rings. The first kappa shape index (κ1) is 14.4. The van der Waals surface area contributed by atoms with Crippen LogP contribution in [-0.4, -0.2) is 31.5 Å². The van der Waals surface area contributed by atoms with Crippen molar-refractivity contribution in [3.8, 4) is 5.75 Å². The lowest BCUT2D eigenvalue weighted by molar-refractivity contribution is 0.0512. The van der Waals surface area contributed by atoms with Gasteiger partial charge in [0.15, 0.2) is 6.79 Å². The maximum atomic E-state index is 11.9. The molecule has 0 saturated carbocycles. The minimum atomic E-state index is -0.392. The van der Waals surface area contributed by atoms with Crippen LogP contribution in [0.3, 0.4) is 0 Å². The molecule has 0 unspecified atom stereocenters. The molecule has 0 N–H and O–H groups in total. The Bertz CT molecular complexity index is 851. The lowest BCUT2D eigenvalue weighted by Gasteiger charge is -2.10. The van der Waals surface area contributed by atoms with E-state index in [9.17, 15) is 4.79 Å². The Balaban J connectivity index is 2.35. The van der Waals surface area contributed by atoms with Crippen LogP contribution in [0.25, 0.3) is 21.8 Å². The Morgan fingerprint density at radius 2 is 1.91 bits per heavy atom. The Kier molecular flexibility index (Phi) is 3.73. The lowest BCUT2D eigenvalue weighted by Crippen LogP contribution is -2.05. The first-order valence-electron chi connectivity index (χ1n) is 6.88. The van der Waals surface area contributed by atoms with E-state index in [1.54, 1.807) is 13.2 Å². The number of aryl methyl sites for hydroxylation is 1. The van der Waals surface area contributed by atoms with Crippen molar-refractivity contribution in [3.63, 3.8) is 0 Å². The van der Waals surface area contributed by atoms with Crippen molar-refractivity contribution in [1.29, 1.82) is 0 Å². The van der Waals surface area contributed by atoms with E-state index in [1.165, 1.54) is 7.11 Å². The third-order valence-corrected chi connectivity index (χ3v) is 3.72. The van der Waals surface area contributed by atoms with Crippen LogP contribution in [0.2, 0.25) is 0 Å². The summed E-state index contributed by atoms with van der Waals surface area (Å²) in [5.74, 6) is 0.204. The first-order chi connectivity index (χ1) is 10.7. The van der Waals surface area contributed by atoms with E-state index in [0.29, 0.717) is 11.3 Å². The summed E-state index contributed by atoms with van der Waals surface area (Å²) in [6, 6.07) is 11.5. The number of hydrogen-bond donors (Lipinski definition) is 0. The zero-order valence-electron chi connectivity index (χ0n) is 12.8. The van der Waals surface area contributed by atoms with Crippen LogP contribution in [0.4, 0.5) is 0 Å². The molecule has 0 amide bonds. The molecule has 3 rings (SSSR count). The number of nitrogens with zero attached hydrogens (tertiary/aromatic N) is 1. The van der Waals surface area contributed by atoms with Gasteiger partial charge in [0.2, 0.25) is 0 Å². The molecule has 114 valence electrons. The number of aromatic nitrogens is 1. The quantitative estimate of drug-likeness (QED) is 0.548. The van der Waals surface area contributed by atoms with Gasteiger partial charge in [0.05, 0.1) is 18.2 Å². The molecule has 0 bridgehead atoms. The lowest BCUT2D eigenvalue weighted by atomic mass is 10.1. The molecule has 0 saturated heterocycles. The summed E-state index contributed by atoms with van der Waals surface area (Å²) in [4.78, 5) is 11.9. The average Bonchev–Trinajstić information content (AvgIpc) is 2.85. The standard InChI is InChI=1S/C17H17NO4/c1-18-14-7-5-4-6-12(14)13-8-11(17(19)21-3)9-15(16(13)18)22-10-20-2/h4-9H,10H2,1-3H3. The van der Waals surface area contributed by atoms with Crippen LogP contribution in [0.5, 0.6) is 5.75 Å². The highest BCUT2D eigenvalue weighted by Gasteiger charge is 2.17. The summed E-state index contributed by atoms with van der Waals surface area (Å²) in [5.41, 5.74) is 2.45.